The van der Waals surface area contributed by atoms with Crippen LogP contribution in [0.1, 0.15) is 32.0 Å². The maximum Gasteiger partial charge on any atom is 0.164 e. The fourth-order valence-corrected chi connectivity index (χ4v) is 1.78. The van der Waals surface area contributed by atoms with Gasteiger partial charge in [-0.25, -0.2) is 0 Å². The maximum atomic E-state index is 12.0. The van der Waals surface area contributed by atoms with Gasteiger partial charge in [0.25, 0.3) is 0 Å². The third-order valence-electron chi connectivity index (χ3n) is 2.59. The number of ketones is 1. The summed E-state index contributed by atoms with van der Waals surface area (Å²) in [6, 6.07) is 3.94. The molecule has 2 rings (SSSR count). The quantitative estimate of drug-likeness (QED) is 0.699. The van der Waals surface area contributed by atoms with E-state index in [0.717, 1.165) is 23.3 Å². The molecule has 15 heavy (non-hydrogen) atoms. The van der Waals surface area contributed by atoms with Crippen LogP contribution in [0.15, 0.2) is 23.9 Å². The summed E-state index contributed by atoms with van der Waals surface area (Å²) in [5, 5.41) is 0. The highest BCUT2D eigenvalue weighted by Gasteiger charge is 2.28. The van der Waals surface area contributed by atoms with Crippen molar-refractivity contribution in [1.29, 1.82) is 0 Å². The minimum absolute atomic E-state index is 0.223. The predicted molar refractivity (Wildman–Crippen MR) is 60.4 cm³/mol. The summed E-state index contributed by atoms with van der Waals surface area (Å²) in [5.74, 6) is 0.223. The van der Waals surface area contributed by atoms with E-state index in [4.69, 9.17) is 0 Å². The Bertz CT molecular complexity index is 438. The molecule has 0 fully saturated rings. The monoisotopic (exact) mass is 201 g/mol. The smallest absolute Gasteiger partial charge is 0.164 e. The van der Waals surface area contributed by atoms with Gasteiger partial charge < -0.3 is 0 Å². The number of hydrogen-bond acceptors (Lipinski definition) is 2. The Morgan fingerprint density at radius 2 is 2.13 bits per heavy atom. The molecule has 0 aromatic carbocycles. The van der Waals surface area contributed by atoms with Gasteiger partial charge >= 0.3 is 0 Å². The molecule has 0 spiro atoms. The first-order valence-electron chi connectivity index (χ1n) is 5.18. The lowest BCUT2D eigenvalue weighted by Gasteiger charge is -2.16. The first-order valence-corrected chi connectivity index (χ1v) is 5.18. The van der Waals surface area contributed by atoms with Crippen LogP contribution in [0.2, 0.25) is 0 Å². The van der Waals surface area contributed by atoms with Crippen LogP contribution >= 0.6 is 0 Å². The molecule has 1 aromatic heterocycles. The van der Waals surface area contributed by atoms with Gasteiger partial charge in [-0.2, -0.15) is 0 Å². The van der Waals surface area contributed by atoms with Crippen molar-refractivity contribution in [2.24, 2.45) is 5.41 Å². The second kappa shape index (κ2) is 3.30. The fraction of sp³-hybridized carbons (Fsp3) is 0.385. The fourth-order valence-electron chi connectivity index (χ4n) is 1.78. The zero-order valence-corrected chi connectivity index (χ0v) is 9.37. The van der Waals surface area contributed by atoms with Gasteiger partial charge in [-0.1, -0.05) is 26.8 Å². The van der Waals surface area contributed by atoms with E-state index in [1.165, 1.54) is 0 Å². The zero-order chi connectivity index (χ0) is 11.1. The molecule has 1 aromatic rings. The van der Waals surface area contributed by atoms with Crippen LogP contribution < -0.4 is 0 Å². The van der Waals surface area contributed by atoms with Crippen molar-refractivity contribution in [1.82, 2.24) is 4.98 Å². The molecule has 1 aliphatic rings. The van der Waals surface area contributed by atoms with Crippen molar-refractivity contribution in [3.63, 3.8) is 0 Å². The first-order chi connectivity index (χ1) is 6.98. The average Bonchev–Trinajstić information content (AvgIpc) is 2.58. The van der Waals surface area contributed by atoms with Gasteiger partial charge in [0.05, 0.1) is 5.69 Å². The Labute approximate surface area is 90.0 Å². The van der Waals surface area contributed by atoms with Crippen LogP contribution in [-0.4, -0.2) is 10.8 Å². The predicted octanol–water partition coefficient (Wildman–Crippen LogP) is 2.64. The second-order valence-corrected chi connectivity index (χ2v) is 4.97. The SMILES string of the molecule is CC(C)(C)C(=O)C1=Cc2ncccc2C1. The highest BCUT2D eigenvalue weighted by atomic mass is 16.1. The minimum Gasteiger partial charge on any atom is -0.294 e. The van der Waals surface area contributed by atoms with E-state index in [9.17, 15) is 4.79 Å². The Morgan fingerprint density at radius 3 is 2.73 bits per heavy atom. The molecule has 0 unspecified atom stereocenters. The number of aromatic nitrogens is 1. The van der Waals surface area contributed by atoms with E-state index < -0.39 is 0 Å². The topological polar surface area (TPSA) is 30.0 Å². The molecule has 1 heterocycles. The number of rotatable bonds is 1. The van der Waals surface area contributed by atoms with Gasteiger partial charge in [0.1, 0.15) is 0 Å². The molecule has 2 nitrogen and oxygen atoms in total. The van der Waals surface area contributed by atoms with Gasteiger partial charge in [-0.15, -0.1) is 0 Å². The van der Waals surface area contributed by atoms with E-state index in [2.05, 4.69) is 4.98 Å². The Hall–Kier alpha value is -1.44. The lowest BCUT2D eigenvalue weighted by Crippen LogP contribution is -2.21. The van der Waals surface area contributed by atoms with Crippen LogP contribution in [0.4, 0.5) is 0 Å². The highest BCUT2D eigenvalue weighted by Crippen LogP contribution is 2.29. The number of Topliss-reactive ketones (excluding diaryl/α,β-unsaturated/α-hetero) is 1. The minimum atomic E-state index is -0.298. The standard InChI is InChI=1S/C13H15NO/c1-13(2,3)12(15)10-7-9-5-4-6-14-11(9)8-10/h4-6,8H,7H2,1-3H3. The van der Waals surface area contributed by atoms with E-state index in [0.29, 0.717) is 0 Å². The summed E-state index contributed by atoms with van der Waals surface area (Å²) in [5.41, 5.74) is 2.69. The Morgan fingerprint density at radius 1 is 1.40 bits per heavy atom. The zero-order valence-electron chi connectivity index (χ0n) is 9.37. The normalized spacial score (nSPS) is 14.7. The van der Waals surface area contributed by atoms with Gasteiger partial charge in [0.2, 0.25) is 0 Å². The number of carbonyl (C=O) groups excluding carboxylic acids is 1. The van der Waals surface area contributed by atoms with E-state index in [-0.39, 0.29) is 11.2 Å². The van der Waals surface area contributed by atoms with Crippen molar-refractivity contribution in [3.8, 4) is 0 Å². The van der Waals surface area contributed by atoms with Crippen LogP contribution in [0.3, 0.4) is 0 Å². The lowest BCUT2D eigenvalue weighted by atomic mass is 9.86. The molecular weight excluding hydrogens is 186 g/mol. The third-order valence-corrected chi connectivity index (χ3v) is 2.59. The molecule has 78 valence electrons. The molecule has 2 heteroatoms. The number of allylic oxidation sites excluding steroid dienone is 1. The molecule has 0 amide bonds. The van der Waals surface area contributed by atoms with Gasteiger partial charge in [0.15, 0.2) is 5.78 Å². The van der Waals surface area contributed by atoms with Crippen LogP contribution in [-0.2, 0) is 11.2 Å². The molecule has 0 N–H and O–H groups in total. The molecule has 0 atom stereocenters. The number of pyridine rings is 1. The van der Waals surface area contributed by atoms with Gasteiger partial charge in [-0.05, 0) is 17.7 Å². The number of nitrogens with zero attached hydrogens (tertiary/aromatic N) is 1. The van der Waals surface area contributed by atoms with E-state index >= 15 is 0 Å². The van der Waals surface area contributed by atoms with Crippen molar-refractivity contribution in [2.75, 3.05) is 0 Å². The summed E-state index contributed by atoms with van der Waals surface area (Å²) in [6.45, 7) is 5.85. The lowest BCUT2D eigenvalue weighted by molar-refractivity contribution is -0.122. The molecule has 0 saturated heterocycles. The molecule has 0 bridgehead atoms. The second-order valence-electron chi connectivity index (χ2n) is 4.97. The Balaban J connectivity index is 2.29. The largest absolute Gasteiger partial charge is 0.294 e. The van der Waals surface area contributed by atoms with Gasteiger partial charge in [0, 0.05) is 23.6 Å². The number of hydrogen-bond donors (Lipinski definition) is 0. The van der Waals surface area contributed by atoms with Crippen LogP contribution in [0.5, 0.6) is 0 Å². The molecule has 0 aliphatic heterocycles. The van der Waals surface area contributed by atoms with Crippen LogP contribution in [0.25, 0.3) is 6.08 Å². The Kier molecular flexibility index (Phi) is 2.22. The first kappa shape index (κ1) is 10.1. The maximum absolute atomic E-state index is 12.0. The average molecular weight is 201 g/mol. The van der Waals surface area contributed by atoms with Crippen molar-refractivity contribution in [3.05, 3.63) is 35.2 Å². The number of fused-ring (bicyclic) bond motifs is 1. The van der Waals surface area contributed by atoms with Crippen molar-refractivity contribution >= 4 is 11.9 Å². The van der Waals surface area contributed by atoms with Crippen molar-refractivity contribution in [2.45, 2.75) is 27.2 Å². The molecule has 1 aliphatic carbocycles. The molecule has 0 saturated carbocycles. The summed E-state index contributed by atoms with van der Waals surface area (Å²) in [6.07, 6.45) is 4.42. The third kappa shape index (κ3) is 1.84. The highest BCUT2D eigenvalue weighted by molar-refractivity contribution is 6.04. The summed E-state index contributed by atoms with van der Waals surface area (Å²) in [4.78, 5) is 16.3. The van der Waals surface area contributed by atoms with E-state index in [1.54, 1.807) is 6.20 Å². The summed E-state index contributed by atoms with van der Waals surface area (Å²) >= 11 is 0. The number of carbonyl (C=O) groups is 1. The van der Waals surface area contributed by atoms with Gasteiger partial charge in [-0.3, -0.25) is 9.78 Å². The molecule has 0 radical (unpaired) electrons. The summed E-state index contributed by atoms with van der Waals surface area (Å²) in [7, 11) is 0. The summed E-state index contributed by atoms with van der Waals surface area (Å²) < 4.78 is 0. The molecular formula is C13H15NO. The van der Waals surface area contributed by atoms with E-state index in [1.807, 2.05) is 39.0 Å². The van der Waals surface area contributed by atoms with Crippen LogP contribution in [0, 0.1) is 5.41 Å². The van der Waals surface area contributed by atoms with Crippen molar-refractivity contribution < 1.29 is 4.79 Å².